The summed E-state index contributed by atoms with van der Waals surface area (Å²) in [6.45, 7) is 3.90. The molecule has 0 unspecified atom stereocenters. The van der Waals surface area contributed by atoms with Gasteiger partial charge in [-0.25, -0.2) is 4.98 Å². The van der Waals surface area contributed by atoms with Crippen LogP contribution in [0.3, 0.4) is 0 Å². The molecule has 2 N–H and O–H groups in total. The Labute approximate surface area is 95.0 Å². The summed E-state index contributed by atoms with van der Waals surface area (Å²) in [5.74, 6) is 0. The molecule has 4 nitrogen and oxygen atoms in total. The van der Waals surface area contributed by atoms with Gasteiger partial charge in [0.25, 0.3) is 0 Å². The van der Waals surface area contributed by atoms with Crippen molar-refractivity contribution >= 4 is 11.0 Å². The zero-order valence-electron chi connectivity index (χ0n) is 9.52. The van der Waals surface area contributed by atoms with Gasteiger partial charge in [0, 0.05) is 24.4 Å². The first-order valence-electron chi connectivity index (χ1n) is 5.57. The number of pyridine rings is 1. The van der Waals surface area contributed by atoms with Gasteiger partial charge >= 0.3 is 0 Å². The minimum absolute atomic E-state index is 0.550. The molecule has 4 heteroatoms. The smallest absolute Gasteiger partial charge is 0.142 e. The summed E-state index contributed by atoms with van der Waals surface area (Å²) >= 11 is 0. The van der Waals surface area contributed by atoms with Crippen LogP contribution in [0.5, 0.6) is 0 Å². The fourth-order valence-corrected chi connectivity index (χ4v) is 1.84. The van der Waals surface area contributed by atoms with E-state index in [-0.39, 0.29) is 0 Å². The Balaban J connectivity index is 2.40. The maximum Gasteiger partial charge on any atom is 0.142 e. The Kier molecular flexibility index (Phi) is 3.54. The third kappa shape index (κ3) is 2.08. The van der Waals surface area contributed by atoms with Gasteiger partial charge in [0.1, 0.15) is 12.4 Å². The van der Waals surface area contributed by atoms with E-state index < -0.39 is 0 Å². The molecule has 0 aromatic carbocycles. The summed E-state index contributed by atoms with van der Waals surface area (Å²) in [6, 6.07) is 4.03. The van der Waals surface area contributed by atoms with Crippen molar-refractivity contribution in [3.63, 3.8) is 0 Å². The zero-order chi connectivity index (χ0) is 11.4. The van der Waals surface area contributed by atoms with E-state index in [1.54, 1.807) is 6.20 Å². The van der Waals surface area contributed by atoms with Crippen LogP contribution >= 0.6 is 0 Å². The molecule has 2 rings (SSSR count). The predicted molar refractivity (Wildman–Crippen MR) is 64.1 cm³/mol. The summed E-state index contributed by atoms with van der Waals surface area (Å²) in [6.07, 6.45) is 4.76. The first-order chi connectivity index (χ1) is 7.86. The summed E-state index contributed by atoms with van der Waals surface area (Å²) in [7, 11) is 0. The Morgan fingerprint density at radius 2 is 2.38 bits per heavy atom. The molecular formula is C12H17N3O. The summed E-state index contributed by atoms with van der Waals surface area (Å²) < 4.78 is 7.44. The first-order valence-corrected chi connectivity index (χ1v) is 5.57. The average molecular weight is 219 g/mol. The molecule has 0 atom stereocenters. The Morgan fingerprint density at radius 3 is 3.12 bits per heavy atom. The second-order valence-corrected chi connectivity index (χ2v) is 3.66. The Bertz CT molecular complexity index is 464. The van der Waals surface area contributed by atoms with Gasteiger partial charge in [-0.05, 0) is 37.6 Å². The monoisotopic (exact) mass is 219 g/mol. The standard InChI is InChI=1S/C12H17N3O/c1-2-16-9-15-8-10(5-6-13)11-4-3-7-14-12(11)15/h3-4,7-8H,2,5-6,9,13H2,1H3. The van der Waals surface area contributed by atoms with Gasteiger partial charge in [0.2, 0.25) is 0 Å². The normalized spacial score (nSPS) is 11.1. The lowest BCUT2D eigenvalue weighted by Crippen LogP contribution is -2.03. The number of hydrogen-bond donors (Lipinski definition) is 1. The van der Waals surface area contributed by atoms with Crippen molar-refractivity contribution < 1.29 is 4.74 Å². The SMILES string of the molecule is CCOCn1cc(CCN)c2cccnc21. The highest BCUT2D eigenvalue weighted by Gasteiger charge is 2.07. The molecule has 0 saturated heterocycles. The average Bonchev–Trinajstić information content (AvgIpc) is 2.66. The van der Waals surface area contributed by atoms with Gasteiger partial charge in [-0.2, -0.15) is 0 Å². The molecule has 0 bridgehead atoms. The van der Waals surface area contributed by atoms with Crippen molar-refractivity contribution in [2.24, 2.45) is 5.73 Å². The first kappa shape index (κ1) is 11.1. The lowest BCUT2D eigenvalue weighted by molar-refractivity contribution is 0.0904. The van der Waals surface area contributed by atoms with Crippen LogP contribution in [-0.2, 0) is 17.9 Å². The van der Waals surface area contributed by atoms with Crippen LogP contribution in [0, 0.1) is 0 Å². The highest BCUT2D eigenvalue weighted by Crippen LogP contribution is 2.19. The molecule has 0 aliphatic heterocycles. The quantitative estimate of drug-likeness (QED) is 0.829. The second-order valence-electron chi connectivity index (χ2n) is 3.66. The van der Waals surface area contributed by atoms with Gasteiger partial charge in [0.15, 0.2) is 0 Å². The van der Waals surface area contributed by atoms with E-state index in [0.29, 0.717) is 19.9 Å². The number of rotatable bonds is 5. The summed E-state index contributed by atoms with van der Waals surface area (Å²) in [5.41, 5.74) is 7.81. The molecule has 0 aliphatic carbocycles. The minimum Gasteiger partial charge on any atom is -0.361 e. The lowest BCUT2D eigenvalue weighted by atomic mass is 10.2. The number of ether oxygens (including phenoxy) is 1. The third-order valence-electron chi connectivity index (χ3n) is 2.56. The predicted octanol–water partition coefficient (Wildman–Crippen LogP) is 1.53. The van der Waals surface area contributed by atoms with Gasteiger partial charge in [0.05, 0.1) is 0 Å². The van der Waals surface area contributed by atoms with E-state index in [1.807, 2.05) is 17.6 Å². The second kappa shape index (κ2) is 5.09. The Hall–Kier alpha value is -1.39. The van der Waals surface area contributed by atoms with E-state index in [0.717, 1.165) is 12.1 Å². The summed E-state index contributed by atoms with van der Waals surface area (Å²) in [5, 5.41) is 1.17. The van der Waals surface area contributed by atoms with Crippen LogP contribution in [0.25, 0.3) is 11.0 Å². The van der Waals surface area contributed by atoms with Gasteiger partial charge in [-0.15, -0.1) is 0 Å². The topological polar surface area (TPSA) is 53.1 Å². The van der Waals surface area contributed by atoms with E-state index >= 15 is 0 Å². The van der Waals surface area contributed by atoms with Crippen molar-refractivity contribution in [3.8, 4) is 0 Å². The number of aromatic nitrogens is 2. The van der Waals surface area contributed by atoms with Crippen molar-refractivity contribution in [1.29, 1.82) is 0 Å². The van der Waals surface area contributed by atoms with E-state index in [9.17, 15) is 0 Å². The molecule has 0 aliphatic rings. The molecule has 0 fully saturated rings. The van der Waals surface area contributed by atoms with Crippen molar-refractivity contribution in [3.05, 3.63) is 30.1 Å². The van der Waals surface area contributed by atoms with Crippen LogP contribution in [0.15, 0.2) is 24.5 Å². The van der Waals surface area contributed by atoms with Crippen LogP contribution in [0.2, 0.25) is 0 Å². The van der Waals surface area contributed by atoms with Crippen LogP contribution in [0.1, 0.15) is 12.5 Å². The molecular weight excluding hydrogens is 202 g/mol. The highest BCUT2D eigenvalue weighted by molar-refractivity contribution is 5.80. The molecule has 86 valence electrons. The maximum atomic E-state index is 5.60. The van der Waals surface area contributed by atoms with Crippen molar-refractivity contribution in [2.45, 2.75) is 20.1 Å². The van der Waals surface area contributed by atoms with Crippen molar-refractivity contribution in [1.82, 2.24) is 9.55 Å². The number of fused-ring (bicyclic) bond motifs is 1. The van der Waals surface area contributed by atoms with Crippen LogP contribution in [0.4, 0.5) is 0 Å². The largest absolute Gasteiger partial charge is 0.361 e. The molecule has 0 radical (unpaired) electrons. The van der Waals surface area contributed by atoms with Gasteiger partial charge < -0.3 is 15.0 Å². The van der Waals surface area contributed by atoms with E-state index in [2.05, 4.69) is 17.2 Å². The van der Waals surface area contributed by atoms with E-state index in [4.69, 9.17) is 10.5 Å². The fraction of sp³-hybridized carbons (Fsp3) is 0.417. The molecule has 2 aromatic heterocycles. The fourth-order valence-electron chi connectivity index (χ4n) is 1.84. The maximum absolute atomic E-state index is 5.60. The number of nitrogens with two attached hydrogens (primary N) is 1. The van der Waals surface area contributed by atoms with Gasteiger partial charge in [-0.1, -0.05) is 0 Å². The molecule has 2 aromatic rings. The highest BCUT2D eigenvalue weighted by atomic mass is 16.5. The van der Waals surface area contributed by atoms with Gasteiger partial charge in [-0.3, -0.25) is 0 Å². The summed E-state index contributed by atoms with van der Waals surface area (Å²) in [4.78, 5) is 4.38. The minimum atomic E-state index is 0.550. The zero-order valence-corrected chi connectivity index (χ0v) is 9.52. The Morgan fingerprint density at radius 1 is 1.50 bits per heavy atom. The number of nitrogens with zero attached hydrogens (tertiary/aromatic N) is 2. The molecule has 0 saturated carbocycles. The molecule has 0 amide bonds. The third-order valence-corrected chi connectivity index (χ3v) is 2.56. The van der Waals surface area contributed by atoms with Crippen molar-refractivity contribution in [2.75, 3.05) is 13.2 Å². The lowest BCUT2D eigenvalue weighted by Gasteiger charge is -2.03. The molecule has 16 heavy (non-hydrogen) atoms. The van der Waals surface area contributed by atoms with E-state index in [1.165, 1.54) is 10.9 Å². The van der Waals surface area contributed by atoms with Crippen LogP contribution < -0.4 is 5.73 Å². The number of hydrogen-bond acceptors (Lipinski definition) is 3. The van der Waals surface area contributed by atoms with Crippen LogP contribution in [-0.4, -0.2) is 22.7 Å². The molecule has 0 spiro atoms. The molecule has 2 heterocycles.